The highest BCUT2D eigenvalue weighted by atomic mass is 32.2. The summed E-state index contributed by atoms with van der Waals surface area (Å²) in [6, 6.07) is 2.29. The smallest absolute Gasteiger partial charge is 0.279 e. The lowest BCUT2D eigenvalue weighted by molar-refractivity contribution is 0.263. The van der Waals surface area contributed by atoms with Crippen molar-refractivity contribution in [1.82, 2.24) is 19.2 Å². The van der Waals surface area contributed by atoms with E-state index in [2.05, 4.69) is 20.9 Å². The Kier molecular flexibility index (Phi) is 4.61. The molecule has 1 saturated carbocycles. The Bertz CT molecular complexity index is 626. The highest BCUT2D eigenvalue weighted by molar-refractivity contribution is 7.87. The van der Waals surface area contributed by atoms with Crippen LogP contribution in [0.15, 0.2) is 4.52 Å². The Morgan fingerprint density at radius 1 is 1.38 bits per heavy atom. The minimum atomic E-state index is -3.54. The van der Waals surface area contributed by atoms with Crippen LogP contribution in [0.25, 0.3) is 0 Å². The lowest BCUT2D eigenvalue weighted by Crippen LogP contribution is -2.35. The van der Waals surface area contributed by atoms with E-state index in [4.69, 9.17) is 4.52 Å². The number of hydrogen-bond donors (Lipinski definition) is 1. The second-order valence-corrected chi connectivity index (χ2v) is 7.35. The van der Waals surface area contributed by atoms with Crippen molar-refractivity contribution in [3.8, 4) is 6.07 Å². The van der Waals surface area contributed by atoms with E-state index in [1.54, 1.807) is 0 Å². The van der Waals surface area contributed by atoms with Gasteiger partial charge in [-0.15, -0.1) is 0 Å². The van der Waals surface area contributed by atoms with Gasteiger partial charge in [-0.1, -0.05) is 24.4 Å². The molecule has 0 atom stereocenters. The van der Waals surface area contributed by atoms with Crippen molar-refractivity contribution >= 4 is 10.2 Å². The first-order chi connectivity index (χ1) is 9.89. The molecule has 1 aliphatic carbocycles. The van der Waals surface area contributed by atoms with Crippen LogP contribution in [-0.4, -0.2) is 37.0 Å². The molecule has 0 aliphatic heterocycles. The second kappa shape index (κ2) is 6.09. The van der Waals surface area contributed by atoms with Gasteiger partial charge >= 0.3 is 0 Å². The van der Waals surface area contributed by atoms with Gasteiger partial charge in [0, 0.05) is 14.1 Å². The molecule has 1 heterocycles. The maximum Gasteiger partial charge on any atom is 0.279 e. The molecule has 0 saturated heterocycles. The van der Waals surface area contributed by atoms with Crippen molar-refractivity contribution < 1.29 is 12.9 Å². The van der Waals surface area contributed by atoms with E-state index < -0.39 is 15.6 Å². The Hall–Kier alpha value is -1.50. The van der Waals surface area contributed by atoms with Gasteiger partial charge in [-0.05, 0) is 12.8 Å². The van der Waals surface area contributed by atoms with E-state index in [0.717, 1.165) is 23.6 Å². The molecule has 1 aliphatic rings. The summed E-state index contributed by atoms with van der Waals surface area (Å²) < 4.78 is 31.8. The molecule has 2 rings (SSSR count). The molecule has 1 N–H and O–H groups in total. The molecule has 0 spiro atoms. The molecule has 0 radical (unpaired) electrons. The van der Waals surface area contributed by atoms with Gasteiger partial charge in [-0.3, -0.25) is 0 Å². The summed E-state index contributed by atoms with van der Waals surface area (Å²) in [5.41, 5.74) is -0.718. The number of nitrogens with one attached hydrogen (secondary N) is 1. The highest BCUT2D eigenvalue weighted by Crippen LogP contribution is 2.37. The lowest BCUT2D eigenvalue weighted by Gasteiger charge is -2.26. The zero-order valence-corrected chi connectivity index (χ0v) is 13.0. The Morgan fingerprint density at radius 2 is 2.05 bits per heavy atom. The van der Waals surface area contributed by atoms with E-state index in [0.29, 0.717) is 18.7 Å². The summed E-state index contributed by atoms with van der Waals surface area (Å²) in [7, 11) is -0.682. The quantitative estimate of drug-likeness (QED) is 0.856. The predicted molar refractivity (Wildman–Crippen MR) is 74.1 cm³/mol. The monoisotopic (exact) mass is 313 g/mol. The molecular formula is C12H19N5O3S. The summed E-state index contributed by atoms with van der Waals surface area (Å²) >= 11 is 0. The highest BCUT2D eigenvalue weighted by Gasteiger charge is 2.39. The third-order valence-corrected chi connectivity index (χ3v) is 5.16. The molecule has 0 amide bonds. The molecule has 8 nitrogen and oxygen atoms in total. The number of nitriles is 1. The lowest BCUT2D eigenvalue weighted by atomic mass is 9.75. The summed E-state index contributed by atoms with van der Waals surface area (Å²) in [4.78, 5) is 4.19. The largest absolute Gasteiger partial charge is 0.338 e. The first-order valence-electron chi connectivity index (χ1n) is 6.81. The molecule has 0 unspecified atom stereocenters. The molecule has 0 aromatic carbocycles. The molecule has 1 aromatic heterocycles. The van der Waals surface area contributed by atoms with Gasteiger partial charge in [-0.25, -0.2) is 0 Å². The number of nitrogens with zero attached hydrogens (tertiary/aromatic N) is 4. The van der Waals surface area contributed by atoms with Crippen LogP contribution in [0.5, 0.6) is 0 Å². The fourth-order valence-electron chi connectivity index (χ4n) is 2.33. The SMILES string of the molecule is CN(C)S(=O)(=O)NCc1noc(C2(C#N)CCCCC2)n1. The fraction of sp³-hybridized carbons (Fsp3) is 0.750. The van der Waals surface area contributed by atoms with Crippen LogP contribution in [-0.2, 0) is 22.2 Å². The molecule has 21 heavy (non-hydrogen) atoms. The van der Waals surface area contributed by atoms with E-state index in [-0.39, 0.29) is 12.4 Å². The first kappa shape index (κ1) is 15.9. The Balaban J connectivity index is 2.10. The molecule has 1 aromatic rings. The molecule has 1 fully saturated rings. The van der Waals surface area contributed by atoms with Gasteiger partial charge in [0.15, 0.2) is 5.82 Å². The third kappa shape index (κ3) is 3.40. The standard InChI is InChI=1S/C12H19N5O3S/c1-17(2)21(18,19)14-8-10-15-11(20-16-10)12(9-13)6-4-3-5-7-12/h14H,3-8H2,1-2H3. The van der Waals surface area contributed by atoms with Crippen molar-refractivity contribution in [2.24, 2.45) is 0 Å². The van der Waals surface area contributed by atoms with Crippen molar-refractivity contribution in [2.75, 3.05) is 14.1 Å². The third-order valence-electron chi connectivity index (χ3n) is 3.69. The first-order valence-corrected chi connectivity index (χ1v) is 8.25. The summed E-state index contributed by atoms with van der Waals surface area (Å²) in [5, 5.41) is 13.2. The molecule has 0 bridgehead atoms. The van der Waals surface area contributed by atoms with E-state index in [1.165, 1.54) is 14.1 Å². The van der Waals surface area contributed by atoms with Crippen LogP contribution in [0.2, 0.25) is 0 Å². The van der Waals surface area contributed by atoms with Gasteiger partial charge in [0.25, 0.3) is 10.2 Å². The number of hydrogen-bond acceptors (Lipinski definition) is 6. The molecular weight excluding hydrogens is 294 g/mol. The van der Waals surface area contributed by atoms with Crippen LogP contribution in [0.1, 0.15) is 43.8 Å². The van der Waals surface area contributed by atoms with Crippen LogP contribution in [0.3, 0.4) is 0 Å². The Labute approximate surface area is 124 Å². The van der Waals surface area contributed by atoms with Gasteiger partial charge in [-0.2, -0.15) is 27.7 Å². The maximum atomic E-state index is 11.6. The van der Waals surface area contributed by atoms with Crippen molar-refractivity contribution in [1.29, 1.82) is 5.26 Å². The maximum absolute atomic E-state index is 11.6. The van der Waals surface area contributed by atoms with Crippen LogP contribution < -0.4 is 4.72 Å². The minimum absolute atomic E-state index is 0.0640. The van der Waals surface area contributed by atoms with E-state index in [1.807, 2.05) is 0 Å². The van der Waals surface area contributed by atoms with E-state index >= 15 is 0 Å². The van der Waals surface area contributed by atoms with Crippen molar-refractivity contribution in [2.45, 2.75) is 44.1 Å². The normalized spacial score (nSPS) is 18.6. The van der Waals surface area contributed by atoms with Crippen LogP contribution in [0, 0.1) is 11.3 Å². The molecule has 116 valence electrons. The van der Waals surface area contributed by atoms with Gasteiger partial charge < -0.3 is 4.52 Å². The Morgan fingerprint density at radius 3 is 2.62 bits per heavy atom. The van der Waals surface area contributed by atoms with Crippen molar-refractivity contribution in [3.63, 3.8) is 0 Å². The summed E-state index contributed by atoms with van der Waals surface area (Å²) in [6.45, 7) is -0.0640. The van der Waals surface area contributed by atoms with Crippen LogP contribution >= 0.6 is 0 Å². The predicted octanol–water partition coefficient (Wildman–Crippen LogP) is 0.691. The fourth-order valence-corrected chi connectivity index (χ4v) is 2.90. The second-order valence-electron chi connectivity index (χ2n) is 5.38. The van der Waals surface area contributed by atoms with Crippen LogP contribution in [0.4, 0.5) is 0 Å². The number of aromatic nitrogens is 2. The van der Waals surface area contributed by atoms with Gasteiger partial charge in [0.2, 0.25) is 5.89 Å². The average Bonchev–Trinajstić information content (AvgIpc) is 2.95. The summed E-state index contributed by atoms with van der Waals surface area (Å²) in [5.74, 6) is 0.527. The average molecular weight is 313 g/mol. The zero-order valence-electron chi connectivity index (χ0n) is 12.2. The minimum Gasteiger partial charge on any atom is -0.338 e. The van der Waals surface area contributed by atoms with E-state index in [9.17, 15) is 13.7 Å². The molecule has 9 heteroatoms. The summed E-state index contributed by atoms with van der Waals surface area (Å²) in [6.07, 6.45) is 4.42. The zero-order chi connectivity index (χ0) is 15.5. The number of rotatable bonds is 5. The van der Waals surface area contributed by atoms with Gasteiger partial charge in [0.05, 0.1) is 12.6 Å². The van der Waals surface area contributed by atoms with Gasteiger partial charge in [0.1, 0.15) is 5.41 Å². The van der Waals surface area contributed by atoms with Crippen molar-refractivity contribution in [3.05, 3.63) is 11.7 Å². The topological polar surface area (TPSA) is 112 Å².